The number of carbonyl (C=O) groups excluding carboxylic acids is 1. The summed E-state index contributed by atoms with van der Waals surface area (Å²) >= 11 is 12.7. The highest BCUT2D eigenvalue weighted by Crippen LogP contribution is 2.52. The normalized spacial score (nSPS) is 19.3. The Balaban J connectivity index is 1.91. The van der Waals surface area contributed by atoms with Crippen LogP contribution in [0.4, 0.5) is 0 Å². The molecule has 2 nitrogen and oxygen atoms in total. The van der Waals surface area contributed by atoms with Crippen molar-refractivity contribution >= 4 is 34.6 Å². The monoisotopic (exact) mass is 358 g/mol. The molecule has 122 valence electrons. The van der Waals surface area contributed by atoms with Crippen LogP contribution in [0.2, 0.25) is 10.0 Å². The van der Waals surface area contributed by atoms with E-state index < -0.39 is 0 Å². The maximum atomic E-state index is 13.1. The van der Waals surface area contributed by atoms with Gasteiger partial charge in [0.1, 0.15) is 10.8 Å². The van der Waals surface area contributed by atoms with Crippen LogP contribution in [0, 0.1) is 0 Å². The van der Waals surface area contributed by atoms with Crippen LogP contribution in [0.3, 0.4) is 0 Å². The van der Waals surface area contributed by atoms with Crippen molar-refractivity contribution in [3.8, 4) is 5.75 Å². The van der Waals surface area contributed by atoms with Crippen LogP contribution >= 0.6 is 23.2 Å². The van der Waals surface area contributed by atoms with E-state index in [0.29, 0.717) is 21.4 Å². The van der Waals surface area contributed by atoms with Gasteiger partial charge in [0.2, 0.25) is 0 Å². The van der Waals surface area contributed by atoms with Gasteiger partial charge in [-0.05, 0) is 42.0 Å². The molecule has 0 saturated carbocycles. The van der Waals surface area contributed by atoms with Crippen LogP contribution in [0.1, 0.15) is 46.7 Å². The van der Waals surface area contributed by atoms with Crippen molar-refractivity contribution in [2.75, 3.05) is 7.11 Å². The van der Waals surface area contributed by atoms with Crippen LogP contribution in [0.25, 0.3) is 5.57 Å². The SMILES string of the molecule is COc1cc2c(c(Cl)c1Cl)C(=O)C1=C2CCCC1c1ccccc1. The number of rotatable bonds is 2. The summed E-state index contributed by atoms with van der Waals surface area (Å²) in [6, 6.07) is 12.1. The average molecular weight is 359 g/mol. The van der Waals surface area contributed by atoms with E-state index in [1.54, 1.807) is 7.11 Å². The lowest BCUT2D eigenvalue weighted by atomic mass is 9.79. The topological polar surface area (TPSA) is 26.3 Å². The molecule has 2 aliphatic rings. The number of hydrogen-bond acceptors (Lipinski definition) is 2. The van der Waals surface area contributed by atoms with Crippen LogP contribution in [0.15, 0.2) is 42.0 Å². The Morgan fingerprint density at radius 1 is 1.12 bits per heavy atom. The molecule has 4 rings (SSSR count). The molecule has 1 atom stereocenters. The van der Waals surface area contributed by atoms with E-state index in [4.69, 9.17) is 27.9 Å². The van der Waals surface area contributed by atoms with Gasteiger partial charge in [0, 0.05) is 11.5 Å². The molecule has 0 spiro atoms. The zero-order valence-electron chi connectivity index (χ0n) is 13.2. The summed E-state index contributed by atoms with van der Waals surface area (Å²) in [4.78, 5) is 13.1. The van der Waals surface area contributed by atoms with Gasteiger partial charge < -0.3 is 4.74 Å². The molecule has 0 N–H and O–H groups in total. The summed E-state index contributed by atoms with van der Waals surface area (Å²) in [5, 5.41) is 0.611. The van der Waals surface area contributed by atoms with E-state index in [0.717, 1.165) is 36.0 Å². The van der Waals surface area contributed by atoms with Gasteiger partial charge in [-0.15, -0.1) is 0 Å². The average Bonchev–Trinajstić information content (AvgIpc) is 2.91. The summed E-state index contributed by atoms with van der Waals surface area (Å²) < 4.78 is 5.33. The molecule has 2 aliphatic carbocycles. The fourth-order valence-corrected chi connectivity index (χ4v) is 4.42. The minimum atomic E-state index is 0.0168. The van der Waals surface area contributed by atoms with Gasteiger partial charge in [0.15, 0.2) is 5.78 Å². The Labute approximate surface area is 151 Å². The number of ether oxygens (including phenoxy) is 1. The first-order chi connectivity index (χ1) is 11.6. The van der Waals surface area contributed by atoms with E-state index in [1.165, 1.54) is 5.56 Å². The number of allylic oxidation sites excluding steroid dienone is 2. The molecule has 24 heavy (non-hydrogen) atoms. The van der Waals surface area contributed by atoms with Crippen LogP contribution in [-0.4, -0.2) is 12.9 Å². The molecule has 0 aliphatic heterocycles. The van der Waals surface area contributed by atoms with Crippen molar-refractivity contribution in [2.45, 2.75) is 25.2 Å². The molecule has 0 fully saturated rings. The molecule has 0 bridgehead atoms. The van der Waals surface area contributed by atoms with Gasteiger partial charge in [-0.1, -0.05) is 53.5 Å². The molecule has 0 radical (unpaired) electrons. The van der Waals surface area contributed by atoms with Crippen LogP contribution in [0.5, 0.6) is 5.75 Å². The van der Waals surface area contributed by atoms with E-state index in [1.807, 2.05) is 24.3 Å². The van der Waals surface area contributed by atoms with Gasteiger partial charge in [0.25, 0.3) is 0 Å². The molecule has 0 heterocycles. The van der Waals surface area contributed by atoms with Gasteiger partial charge in [-0.25, -0.2) is 0 Å². The molecule has 0 saturated heterocycles. The first-order valence-electron chi connectivity index (χ1n) is 8.02. The van der Waals surface area contributed by atoms with E-state index in [2.05, 4.69) is 12.1 Å². The first-order valence-corrected chi connectivity index (χ1v) is 8.78. The second-order valence-corrected chi connectivity index (χ2v) is 6.96. The summed E-state index contributed by atoms with van der Waals surface area (Å²) in [7, 11) is 1.56. The van der Waals surface area contributed by atoms with Crippen molar-refractivity contribution in [2.24, 2.45) is 0 Å². The molecule has 1 unspecified atom stereocenters. The Hall–Kier alpha value is -1.77. The summed E-state index contributed by atoms with van der Waals surface area (Å²) in [5.74, 6) is 0.655. The number of benzene rings is 2. The predicted molar refractivity (Wildman–Crippen MR) is 97.3 cm³/mol. The van der Waals surface area contributed by atoms with Crippen molar-refractivity contribution < 1.29 is 9.53 Å². The molecule has 0 aromatic heterocycles. The molecule has 0 amide bonds. The van der Waals surface area contributed by atoms with E-state index in [9.17, 15) is 4.79 Å². The largest absolute Gasteiger partial charge is 0.495 e. The summed E-state index contributed by atoms with van der Waals surface area (Å²) in [6.07, 6.45) is 2.91. The molecule has 4 heteroatoms. The predicted octanol–water partition coefficient (Wildman–Crippen LogP) is 5.92. The van der Waals surface area contributed by atoms with Crippen LogP contribution < -0.4 is 4.74 Å². The zero-order valence-corrected chi connectivity index (χ0v) is 14.7. The molecule has 2 aromatic carbocycles. The Morgan fingerprint density at radius 2 is 1.88 bits per heavy atom. The number of Topliss-reactive ketones (excluding diaryl/α,β-unsaturated/α-hetero) is 1. The maximum Gasteiger partial charge on any atom is 0.192 e. The third kappa shape index (κ3) is 2.21. The standard InChI is InChI=1S/C20H16Cl2O2/c1-24-15-10-14-13-9-5-8-12(11-6-3-2-4-7-11)16(13)20(23)17(14)19(22)18(15)21/h2-4,6-7,10,12H,5,8-9H2,1H3. The lowest BCUT2D eigenvalue weighted by Crippen LogP contribution is -2.13. The highest BCUT2D eigenvalue weighted by atomic mass is 35.5. The van der Waals surface area contributed by atoms with E-state index in [-0.39, 0.29) is 11.7 Å². The molecular weight excluding hydrogens is 343 g/mol. The number of carbonyl (C=O) groups is 1. The zero-order chi connectivity index (χ0) is 16.8. The van der Waals surface area contributed by atoms with E-state index >= 15 is 0 Å². The second-order valence-electron chi connectivity index (χ2n) is 6.21. The number of hydrogen-bond donors (Lipinski definition) is 0. The number of ketones is 1. The number of methoxy groups -OCH3 is 1. The van der Waals surface area contributed by atoms with Crippen molar-refractivity contribution in [3.05, 3.63) is 68.7 Å². The highest BCUT2D eigenvalue weighted by Gasteiger charge is 2.39. The summed E-state index contributed by atoms with van der Waals surface area (Å²) in [5.41, 5.74) is 4.60. The van der Waals surface area contributed by atoms with Gasteiger partial charge in [-0.3, -0.25) is 4.79 Å². The van der Waals surface area contributed by atoms with Crippen molar-refractivity contribution in [1.82, 2.24) is 0 Å². The number of halogens is 2. The second kappa shape index (κ2) is 5.94. The lowest BCUT2D eigenvalue weighted by molar-refractivity contribution is 0.103. The number of fused-ring (bicyclic) bond motifs is 2. The Morgan fingerprint density at radius 3 is 2.58 bits per heavy atom. The van der Waals surface area contributed by atoms with Gasteiger partial charge in [-0.2, -0.15) is 0 Å². The van der Waals surface area contributed by atoms with Crippen molar-refractivity contribution in [1.29, 1.82) is 0 Å². The third-order valence-corrected chi connectivity index (χ3v) is 5.84. The summed E-state index contributed by atoms with van der Waals surface area (Å²) in [6.45, 7) is 0. The maximum absolute atomic E-state index is 13.1. The third-order valence-electron chi connectivity index (χ3n) is 4.99. The highest BCUT2D eigenvalue weighted by molar-refractivity contribution is 6.46. The minimum Gasteiger partial charge on any atom is -0.495 e. The quantitative estimate of drug-likeness (QED) is 0.665. The van der Waals surface area contributed by atoms with Crippen molar-refractivity contribution in [3.63, 3.8) is 0 Å². The Bertz CT molecular complexity index is 869. The van der Waals surface area contributed by atoms with Gasteiger partial charge >= 0.3 is 0 Å². The first kappa shape index (κ1) is 15.7. The smallest absolute Gasteiger partial charge is 0.192 e. The molecule has 2 aromatic rings. The molecular formula is C20H16Cl2O2. The Kier molecular flexibility index (Phi) is 3.90. The lowest BCUT2D eigenvalue weighted by Gasteiger charge is -2.24. The minimum absolute atomic E-state index is 0.0168. The fraction of sp³-hybridized carbons (Fsp3) is 0.250. The fourth-order valence-electron chi connectivity index (χ4n) is 3.91. The van der Waals surface area contributed by atoms with Crippen LogP contribution in [-0.2, 0) is 0 Å². The van der Waals surface area contributed by atoms with Gasteiger partial charge in [0.05, 0.1) is 17.7 Å².